The van der Waals surface area contributed by atoms with Crippen LogP contribution in [0.15, 0.2) is 28.9 Å². The molecule has 1 heterocycles. The van der Waals surface area contributed by atoms with Gasteiger partial charge in [0, 0.05) is 29.8 Å². The minimum Gasteiger partial charge on any atom is -0.348 e. The number of nitrogens with one attached hydrogen (secondary N) is 1. The third-order valence-corrected chi connectivity index (χ3v) is 4.05. The molecule has 2 rings (SSSR count). The largest absolute Gasteiger partial charge is 0.348 e. The minimum atomic E-state index is -0.199. The standard InChI is InChI=1S/C13H13BrClN3O/c1-8-9(7-18(2)17-8)6-16-13(19)10-4-3-5-11(14)12(10)15/h3-5,7H,6H2,1-2H3,(H,16,19). The Balaban J connectivity index is 2.10. The van der Waals surface area contributed by atoms with E-state index in [1.165, 1.54) is 0 Å². The van der Waals surface area contributed by atoms with Crippen molar-refractivity contribution in [2.45, 2.75) is 13.5 Å². The van der Waals surface area contributed by atoms with Gasteiger partial charge >= 0.3 is 0 Å². The Labute approximate surface area is 124 Å². The molecule has 1 aromatic heterocycles. The van der Waals surface area contributed by atoms with Crippen LogP contribution in [-0.2, 0) is 13.6 Å². The van der Waals surface area contributed by atoms with Crippen LogP contribution in [0.25, 0.3) is 0 Å². The Bertz CT molecular complexity index is 624. The third-order valence-electron chi connectivity index (χ3n) is 2.75. The van der Waals surface area contributed by atoms with Gasteiger partial charge in [0.05, 0.1) is 16.3 Å². The molecule has 0 saturated carbocycles. The van der Waals surface area contributed by atoms with Crippen molar-refractivity contribution >= 4 is 33.4 Å². The van der Waals surface area contributed by atoms with Gasteiger partial charge in [-0.1, -0.05) is 17.7 Å². The van der Waals surface area contributed by atoms with Crippen molar-refractivity contribution in [3.05, 3.63) is 50.7 Å². The van der Waals surface area contributed by atoms with E-state index in [9.17, 15) is 4.79 Å². The summed E-state index contributed by atoms with van der Waals surface area (Å²) in [4.78, 5) is 12.1. The lowest BCUT2D eigenvalue weighted by Gasteiger charge is -2.07. The molecule has 0 aliphatic rings. The quantitative estimate of drug-likeness (QED) is 0.932. The summed E-state index contributed by atoms with van der Waals surface area (Å²) in [5.74, 6) is -0.199. The van der Waals surface area contributed by atoms with Gasteiger partial charge in [0.1, 0.15) is 0 Å². The SMILES string of the molecule is Cc1nn(C)cc1CNC(=O)c1cccc(Br)c1Cl. The van der Waals surface area contributed by atoms with Gasteiger partial charge in [-0.05, 0) is 35.0 Å². The van der Waals surface area contributed by atoms with Gasteiger partial charge in [-0.25, -0.2) is 0 Å². The first-order valence-corrected chi connectivity index (χ1v) is 6.87. The number of halogens is 2. The number of carbonyl (C=O) groups is 1. The Hall–Kier alpha value is -1.33. The molecule has 0 fully saturated rings. The first-order chi connectivity index (χ1) is 8.99. The van der Waals surface area contributed by atoms with Crippen molar-refractivity contribution in [1.82, 2.24) is 15.1 Å². The maximum Gasteiger partial charge on any atom is 0.253 e. The van der Waals surface area contributed by atoms with E-state index in [-0.39, 0.29) is 5.91 Å². The Morgan fingerprint density at radius 1 is 1.53 bits per heavy atom. The molecule has 19 heavy (non-hydrogen) atoms. The molecule has 0 aliphatic carbocycles. The number of aromatic nitrogens is 2. The number of hydrogen-bond donors (Lipinski definition) is 1. The highest BCUT2D eigenvalue weighted by Crippen LogP contribution is 2.25. The highest BCUT2D eigenvalue weighted by Gasteiger charge is 2.12. The smallest absolute Gasteiger partial charge is 0.253 e. The fraction of sp³-hybridized carbons (Fsp3) is 0.231. The van der Waals surface area contributed by atoms with E-state index in [1.807, 2.05) is 20.2 Å². The van der Waals surface area contributed by atoms with E-state index in [1.54, 1.807) is 22.9 Å². The first kappa shape index (κ1) is 14.1. The molecule has 0 bridgehead atoms. The van der Waals surface area contributed by atoms with Crippen molar-refractivity contribution in [2.75, 3.05) is 0 Å². The van der Waals surface area contributed by atoms with E-state index in [0.29, 0.717) is 21.6 Å². The molecule has 0 saturated heterocycles. The zero-order valence-electron chi connectivity index (χ0n) is 10.6. The van der Waals surface area contributed by atoms with Crippen molar-refractivity contribution in [1.29, 1.82) is 0 Å². The molecule has 0 unspecified atom stereocenters. The molecule has 2 aromatic rings. The molecule has 4 nitrogen and oxygen atoms in total. The summed E-state index contributed by atoms with van der Waals surface area (Å²) >= 11 is 9.38. The zero-order chi connectivity index (χ0) is 14.0. The zero-order valence-corrected chi connectivity index (χ0v) is 12.9. The van der Waals surface area contributed by atoms with E-state index >= 15 is 0 Å². The summed E-state index contributed by atoms with van der Waals surface area (Å²) in [6.45, 7) is 2.34. The number of nitrogens with zero attached hydrogens (tertiary/aromatic N) is 2. The number of hydrogen-bond acceptors (Lipinski definition) is 2. The molecule has 1 N–H and O–H groups in total. The lowest BCUT2D eigenvalue weighted by Crippen LogP contribution is -2.23. The molecular weight excluding hydrogens is 330 g/mol. The van der Waals surface area contributed by atoms with E-state index in [2.05, 4.69) is 26.3 Å². The lowest BCUT2D eigenvalue weighted by molar-refractivity contribution is 0.0951. The average molecular weight is 343 g/mol. The molecule has 100 valence electrons. The van der Waals surface area contributed by atoms with Crippen LogP contribution >= 0.6 is 27.5 Å². The Morgan fingerprint density at radius 3 is 2.89 bits per heavy atom. The molecule has 0 aliphatic heterocycles. The summed E-state index contributed by atoms with van der Waals surface area (Å²) in [5.41, 5.74) is 2.35. The Morgan fingerprint density at radius 2 is 2.26 bits per heavy atom. The third kappa shape index (κ3) is 3.16. The van der Waals surface area contributed by atoms with Gasteiger partial charge < -0.3 is 5.32 Å². The van der Waals surface area contributed by atoms with Crippen molar-refractivity contribution in [3.8, 4) is 0 Å². The highest BCUT2D eigenvalue weighted by atomic mass is 79.9. The monoisotopic (exact) mass is 341 g/mol. The predicted molar refractivity (Wildman–Crippen MR) is 78.3 cm³/mol. The number of benzene rings is 1. The maximum atomic E-state index is 12.1. The van der Waals surface area contributed by atoms with Gasteiger partial charge in [0.2, 0.25) is 0 Å². The van der Waals surface area contributed by atoms with Crippen LogP contribution < -0.4 is 5.32 Å². The van der Waals surface area contributed by atoms with E-state index in [0.717, 1.165) is 11.3 Å². The van der Waals surface area contributed by atoms with Gasteiger partial charge in [0.25, 0.3) is 5.91 Å². The van der Waals surface area contributed by atoms with Crippen LogP contribution in [0.2, 0.25) is 5.02 Å². The molecular formula is C13H13BrClN3O. The van der Waals surface area contributed by atoms with Gasteiger partial charge in [0.15, 0.2) is 0 Å². The predicted octanol–water partition coefficient (Wildman–Crippen LogP) is 3.07. The molecule has 6 heteroatoms. The van der Waals surface area contributed by atoms with Gasteiger partial charge in [-0.3, -0.25) is 9.48 Å². The van der Waals surface area contributed by atoms with Gasteiger partial charge in [-0.2, -0.15) is 5.10 Å². The second-order valence-electron chi connectivity index (χ2n) is 4.20. The molecule has 1 aromatic carbocycles. The summed E-state index contributed by atoms with van der Waals surface area (Å²) in [7, 11) is 1.85. The Kier molecular flexibility index (Phi) is 4.27. The second-order valence-corrected chi connectivity index (χ2v) is 5.43. The summed E-state index contributed by atoms with van der Waals surface area (Å²) in [6, 6.07) is 5.27. The van der Waals surface area contributed by atoms with Gasteiger partial charge in [-0.15, -0.1) is 0 Å². The summed E-state index contributed by atoms with van der Waals surface area (Å²) in [5, 5.41) is 7.48. The number of amides is 1. The van der Waals surface area contributed by atoms with Crippen LogP contribution in [-0.4, -0.2) is 15.7 Å². The number of aryl methyl sites for hydroxylation is 2. The van der Waals surface area contributed by atoms with Crippen molar-refractivity contribution < 1.29 is 4.79 Å². The highest BCUT2D eigenvalue weighted by molar-refractivity contribution is 9.10. The topological polar surface area (TPSA) is 46.9 Å². The first-order valence-electron chi connectivity index (χ1n) is 5.70. The van der Waals surface area contributed by atoms with Crippen LogP contribution in [0.3, 0.4) is 0 Å². The fourth-order valence-corrected chi connectivity index (χ4v) is 2.35. The minimum absolute atomic E-state index is 0.199. The van der Waals surface area contributed by atoms with E-state index < -0.39 is 0 Å². The molecule has 1 amide bonds. The normalized spacial score (nSPS) is 10.5. The maximum absolute atomic E-state index is 12.1. The number of rotatable bonds is 3. The van der Waals surface area contributed by atoms with Crippen LogP contribution in [0.4, 0.5) is 0 Å². The average Bonchev–Trinajstić information content (AvgIpc) is 2.68. The van der Waals surface area contributed by atoms with Crippen LogP contribution in [0.5, 0.6) is 0 Å². The lowest BCUT2D eigenvalue weighted by atomic mass is 10.2. The van der Waals surface area contributed by atoms with E-state index in [4.69, 9.17) is 11.6 Å². The second kappa shape index (κ2) is 5.75. The molecule has 0 radical (unpaired) electrons. The summed E-state index contributed by atoms with van der Waals surface area (Å²) < 4.78 is 2.43. The molecule has 0 atom stereocenters. The van der Waals surface area contributed by atoms with Crippen molar-refractivity contribution in [2.24, 2.45) is 7.05 Å². The van der Waals surface area contributed by atoms with Crippen molar-refractivity contribution in [3.63, 3.8) is 0 Å². The van der Waals surface area contributed by atoms with Crippen LogP contribution in [0.1, 0.15) is 21.6 Å². The molecule has 0 spiro atoms. The van der Waals surface area contributed by atoms with Crippen LogP contribution in [0, 0.1) is 6.92 Å². The summed E-state index contributed by atoms with van der Waals surface area (Å²) in [6.07, 6.45) is 1.89. The number of carbonyl (C=O) groups excluding carboxylic acids is 1. The fourth-order valence-electron chi connectivity index (χ4n) is 1.77.